The zero-order valence-electron chi connectivity index (χ0n) is 21.6. The molecule has 2 aromatic rings. The van der Waals surface area contributed by atoms with E-state index in [1.807, 2.05) is 0 Å². The van der Waals surface area contributed by atoms with Crippen molar-refractivity contribution in [2.75, 3.05) is 18.1 Å². The predicted molar refractivity (Wildman–Crippen MR) is 148 cm³/mol. The molecule has 0 aliphatic carbocycles. The normalized spacial score (nSPS) is 19.2. The van der Waals surface area contributed by atoms with Crippen LogP contribution in [0.25, 0.3) is 5.57 Å². The average Bonchev–Trinajstić information content (AvgIpc) is 3.34. The summed E-state index contributed by atoms with van der Waals surface area (Å²) < 4.78 is 28.9. The zero-order chi connectivity index (χ0) is 29.8. The number of carbonyl (C=O) groups is 4. The first-order valence-corrected chi connectivity index (χ1v) is 14.4. The second-order valence-corrected chi connectivity index (χ2v) is 10.9. The fraction of sp³-hybridized carbons (Fsp3) is 0.320. The molecule has 0 spiro atoms. The molecule has 2 aliphatic rings. The van der Waals surface area contributed by atoms with E-state index in [-0.39, 0.29) is 40.9 Å². The van der Waals surface area contributed by atoms with Gasteiger partial charge in [-0.15, -0.1) is 23.1 Å². The molecule has 218 valence electrons. The number of amides is 2. The number of aromatic nitrogens is 1. The molecule has 1 saturated heterocycles. The van der Waals surface area contributed by atoms with Gasteiger partial charge < -0.3 is 30.4 Å². The summed E-state index contributed by atoms with van der Waals surface area (Å²) in [5.41, 5.74) is 7.63. The monoisotopic (exact) mass is 626 g/mol. The molecule has 4 N–H and O–H groups in total. The number of β-lactam (4-membered cyclic amide) rings is 1. The summed E-state index contributed by atoms with van der Waals surface area (Å²) in [5, 5.41) is 13.2. The number of anilines is 1. The fourth-order valence-corrected chi connectivity index (χ4v) is 6.20. The summed E-state index contributed by atoms with van der Waals surface area (Å²) in [5.74, 6) is -3.42. The number of carbonyl (C=O) groups excluding carboxylic acids is 4. The maximum atomic E-state index is 14.0. The number of phenols is 1. The first kappa shape index (κ1) is 30.1. The lowest BCUT2D eigenvalue weighted by Gasteiger charge is -2.49. The first-order chi connectivity index (χ1) is 19.5. The number of aromatic hydroxyl groups is 1. The van der Waals surface area contributed by atoms with Crippen LogP contribution in [0, 0.1) is 5.82 Å². The van der Waals surface area contributed by atoms with E-state index in [1.54, 1.807) is 12.3 Å². The SMILES string of the molecule is CCOC(=O)OC(C)OC(=O)C1=C(Cc2ccc(O)c(F)c2)CS[C@H]2[C@H](NC(=O)/C(=C\Cl)c3csc(N)n3)C(=O)N12. The number of hydrogen-bond acceptors (Lipinski definition) is 12. The Morgan fingerprint density at radius 1 is 1.37 bits per heavy atom. The number of thioether (sulfide) groups is 1. The third-order valence-corrected chi connectivity index (χ3v) is 8.14. The third-order valence-electron chi connectivity index (χ3n) is 5.91. The van der Waals surface area contributed by atoms with E-state index >= 15 is 0 Å². The van der Waals surface area contributed by atoms with Gasteiger partial charge in [0, 0.05) is 23.6 Å². The molecule has 4 rings (SSSR count). The molecule has 12 nitrogen and oxygen atoms in total. The Bertz CT molecular complexity index is 1450. The van der Waals surface area contributed by atoms with Crippen LogP contribution in [0.4, 0.5) is 14.3 Å². The van der Waals surface area contributed by atoms with Crippen LogP contribution in [0.3, 0.4) is 0 Å². The maximum absolute atomic E-state index is 14.0. The number of nitrogens with two attached hydrogens (primary N) is 1. The number of thiazole rings is 1. The van der Waals surface area contributed by atoms with Crippen molar-refractivity contribution in [3.63, 3.8) is 0 Å². The molecule has 0 radical (unpaired) electrons. The Balaban J connectivity index is 1.57. The van der Waals surface area contributed by atoms with E-state index in [1.165, 1.54) is 35.7 Å². The molecule has 1 fully saturated rings. The summed E-state index contributed by atoms with van der Waals surface area (Å²) in [6.45, 7) is 2.92. The van der Waals surface area contributed by atoms with Crippen molar-refractivity contribution < 1.29 is 42.9 Å². The summed E-state index contributed by atoms with van der Waals surface area (Å²) in [6, 6.07) is 2.75. The van der Waals surface area contributed by atoms with E-state index in [2.05, 4.69) is 15.0 Å². The van der Waals surface area contributed by atoms with E-state index in [4.69, 9.17) is 26.8 Å². The van der Waals surface area contributed by atoms with E-state index in [9.17, 15) is 28.7 Å². The van der Waals surface area contributed by atoms with Gasteiger partial charge in [-0.25, -0.2) is 19.0 Å². The summed E-state index contributed by atoms with van der Waals surface area (Å²) in [4.78, 5) is 56.4. The highest BCUT2D eigenvalue weighted by Crippen LogP contribution is 2.42. The number of rotatable bonds is 9. The van der Waals surface area contributed by atoms with Gasteiger partial charge in [0.05, 0.1) is 17.9 Å². The largest absolute Gasteiger partial charge is 0.511 e. The Hall–Kier alpha value is -3.82. The number of nitrogens with zero attached hydrogens (tertiary/aromatic N) is 2. The molecule has 3 heterocycles. The molecule has 1 aromatic carbocycles. The van der Waals surface area contributed by atoms with Crippen LogP contribution in [0.15, 0.2) is 40.4 Å². The summed E-state index contributed by atoms with van der Waals surface area (Å²) in [7, 11) is 0. The van der Waals surface area contributed by atoms with Crippen molar-refractivity contribution in [3.05, 3.63) is 57.5 Å². The lowest BCUT2D eigenvalue weighted by Crippen LogP contribution is -2.70. The van der Waals surface area contributed by atoms with Gasteiger partial charge in [0.25, 0.3) is 11.8 Å². The summed E-state index contributed by atoms with van der Waals surface area (Å²) in [6.07, 6.45) is -2.37. The van der Waals surface area contributed by atoms with Crippen LogP contribution in [0.2, 0.25) is 0 Å². The Morgan fingerprint density at radius 3 is 2.76 bits per heavy atom. The van der Waals surface area contributed by atoms with Gasteiger partial charge in [0.1, 0.15) is 17.1 Å². The molecular weight excluding hydrogens is 603 g/mol. The smallest absolute Gasteiger partial charge is 0.505 e. The van der Waals surface area contributed by atoms with Crippen LogP contribution in [-0.4, -0.2) is 69.0 Å². The Morgan fingerprint density at radius 2 is 2.12 bits per heavy atom. The van der Waals surface area contributed by atoms with Gasteiger partial charge >= 0.3 is 12.1 Å². The lowest BCUT2D eigenvalue weighted by molar-refractivity contribution is -0.168. The molecular formula is C25H24ClFN4O8S2. The van der Waals surface area contributed by atoms with Crippen LogP contribution in [-0.2, 0) is 35.0 Å². The van der Waals surface area contributed by atoms with Crippen LogP contribution >= 0.6 is 34.7 Å². The number of ether oxygens (including phenoxy) is 3. The molecule has 1 aromatic heterocycles. The highest BCUT2D eigenvalue weighted by Gasteiger charge is 2.54. The van der Waals surface area contributed by atoms with Crippen molar-refractivity contribution in [3.8, 4) is 5.75 Å². The van der Waals surface area contributed by atoms with E-state index in [0.717, 1.165) is 22.9 Å². The minimum atomic E-state index is -1.36. The van der Waals surface area contributed by atoms with Crippen molar-refractivity contribution in [2.24, 2.45) is 0 Å². The van der Waals surface area contributed by atoms with Crippen LogP contribution in [0.5, 0.6) is 5.75 Å². The van der Waals surface area contributed by atoms with Gasteiger partial charge in [-0.2, -0.15) is 0 Å². The molecule has 2 amide bonds. The minimum absolute atomic E-state index is 0.00170. The molecule has 41 heavy (non-hydrogen) atoms. The number of hydrogen-bond donors (Lipinski definition) is 3. The van der Waals surface area contributed by atoms with E-state index in [0.29, 0.717) is 11.1 Å². The quantitative estimate of drug-likeness (QED) is 0.162. The molecule has 0 saturated carbocycles. The fourth-order valence-electron chi connectivity index (χ4n) is 4.08. The molecule has 16 heteroatoms. The molecule has 1 unspecified atom stereocenters. The summed E-state index contributed by atoms with van der Waals surface area (Å²) >= 11 is 8.24. The van der Waals surface area contributed by atoms with Crippen molar-refractivity contribution in [1.29, 1.82) is 0 Å². The zero-order valence-corrected chi connectivity index (χ0v) is 24.0. The second kappa shape index (κ2) is 12.8. The molecule has 0 bridgehead atoms. The average molecular weight is 627 g/mol. The number of nitrogen functional groups attached to an aromatic ring is 1. The number of fused-ring (bicyclic) bond motifs is 1. The topological polar surface area (TPSA) is 170 Å². The number of nitrogens with one attached hydrogen (secondary N) is 1. The number of esters is 1. The van der Waals surface area contributed by atoms with Crippen LogP contribution < -0.4 is 11.1 Å². The van der Waals surface area contributed by atoms with Gasteiger partial charge in [-0.05, 0) is 36.6 Å². The van der Waals surface area contributed by atoms with Crippen molar-refractivity contribution in [1.82, 2.24) is 15.2 Å². The number of benzene rings is 1. The molecule has 2 aliphatic heterocycles. The Kier molecular flexibility index (Phi) is 9.40. The lowest BCUT2D eigenvalue weighted by atomic mass is 9.98. The first-order valence-electron chi connectivity index (χ1n) is 12.0. The number of phenolic OH excluding ortho intramolecular Hbond substituents is 1. The standard InChI is InChI=1S/C25H24ClFN4O8S2/c1-3-37-25(36)39-11(2)38-23(35)19-13(6-12-4-5-17(32)15(27)7-12)9-40-22-18(21(34)31(19)22)30-20(33)14(8-26)16-10-41-24(28)29-16/h4-5,7-8,10-11,18,22,32H,3,6,9H2,1-2H3,(H2,28,29)(H,30,33)/b14-8-/t11?,18-,22+/m1/s1. The van der Waals surface area contributed by atoms with Gasteiger partial charge in [-0.3, -0.25) is 14.5 Å². The maximum Gasteiger partial charge on any atom is 0.511 e. The second-order valence-electron chi connectivity index (χ2n) is 8.64. The van der Waals surface area contributed by atoms with Crippen LogP contribution in [0.1, 0.15) is 25.1 Å². The predicted octanol–water partition coefficient (Wildman–Crippen LogP) is 3.11. The Labute approximate surface area is 246 Å². The van der Waals surface area contributed by atoms with E-state index < -0.39 is 53.2 Å². The van der Waals surface area contributed by atoms with Crippen molar-refractivity contribution in [2.45, 2.75) is 38.0 Å². The van der Waals surface area contributed by atoms with Gasteiger partial charge in [0.2, 0.25) is 6.29 Å². The highest BCUT2D eigenvalue weighted by atomic mass is 35.5. The third kappa shape index (κ3) is 6.57. The highest BCUT2D eigenvalue weighted by molar-refractivity contribution is 8.00. The van der Waals surface area contributed by atoms with Gasteiger partial charge in [-0.1, -0.05) is 17.7 Å². The minimum Gasteiger partial charge on any atom is -0.505 e. The molecule has 3 atom stereocenters. The number of halogens is 2. The van der Waals surface area contributed by atoms with Crippen molar-refractivity contribution >= 4 is 69.3 Å². The van der Waals surface area contributed by atoms with Gasteiger partial charge in [0.15, 0.2) is 16.7 Å².